The van der Waals surface area contributed by atoms with Crippen LogP contribution >= 0.6 is 22.7 Å². The largest absolute Gasteiger partial charge is 0.468 e. The molecule has 11 nitrogen and oxygen atoms in total. The van der Waals surface area contributed by atoms with Gasteiger partial charge in [0.05, 0.1) is 30.0 Å². The number of aryl methyl sites for hydroxylation is 1. The second kappa shape index (κ2) is 11.8. The lowest BCUT2D eigenvalue weighted by atomic mass is 9.95. The summed E-state index contributed by atoms with van der Waals surface area (Å²) >= 11 is 2.10. The number of sulfone groups is 1. The molecule has 0 radical (unpaired) electrons. The fourth-order valence-electron chi connectivity index (χ4n) is 4.19. The number of hydrogen-bond donors (Lipinski definition) is 1. The fraction of sp³-hybridized carbons (Fsp3) is 0.375. The number of esters is 2. The fourth-order valence-corrected chi connectivity index (χ4v) is 7.57. The molecule has 15 heteroatoms. The summed E-state index contributed by atoms with van der Waals surface area (Å²) in [6, 6.07) is 3.77. The van der Waals surface area contributed by atoms with Crippen molar-refractivity contribution in [2.45, 2.75) is 32.2 Å². The van der Waals surface area contributed by atoms with E-state index in [0.29, 0.717) is 16.6 Å². The van der Waals surface area contributed by atoms with Crippen molar-refractivity contribution in [2.75, 3.05) is 31.0 Å². The quantitative estimate of drug-likeness (QED) is 0.389. The predicted molar refractivity (Wildman–Crippen MR) is 142 cm³/mol. The molecule has 3 aromatic rings. The molecule has 208 valence electrons. The van der Waals surface area contributed by atoms with E-state index < -0.39 is 50.9 Å². The molecule has 2 heterocycles. The van der Waals surface area contributed by atoms with Gasteiger partial charge in [0.2, 0.25) is 5.91 Å². The maximum absolute atomic E-state index is 13.7. The molecule has 0 bridgehead atoms. The summed E-state index contributed by atoms with van der Waals surface area (Å²) in [6.45, 7) is -0.337. The maximum atomic E-state index is 13.7. The number of ether oxygens (including phenoxy) is 2. The molecule has 0 unspecified atom stereocenters. The number of thiazole rings is 1. The molecular weight excluding hydrogens is 573 g/mol. The molecule has 1 aliphatic rings. The Hall–Kier alpha value is -3.43. The topological polar surface area (TPSA) is 150 Å². The van der Waals surface area contributed by atoms with Crippen molar-refractivity contribution in [1.29, 1.82) is 0 Å². The van der Waals surface area contributed by atoms with Crippen LogP contribution in [0.4, 0.5) is 9.39 Å². The summed E-state index contributed by atoms with van der Waals surface area (Å²) in [7, 11) is -1.86. The molecule has 2 amide bonds. The van der Waals surface area contributed by atoms with E-state index in [1.54, 1.807) is 0 Å². The lowest BCUT2D eigenvalue weighted by Gasteiger charge is -2.11. The number of aromatic nitrogens is 1. The molecule has 0 spiro atoms. The second-order valence-corrected chi connectivity index (χ2v) is 12.8. The van der Waals surface area contributed by atoms with Crippen molar-refractivity contribution >= 4 is 71.5 Å². The first-order valence-corrected chi connectivity index (χ1v) is 15.1. The number of benzene rings is 1. The first-order valence-electron chi connectivity index (χ1n) is 11.7. The molecule has 1 aromatic carbocycles. The molecule has 4 rings (SSSR count). The predicted octanol–water partition coefficient (Wildman–Crippen LogP) is 2.22. The standard InChI is InChI=1S/C24H24FN3O8S3/c1-35-20(31)10-28-15-8-7-13(25)9-17(15)38-24(28)27-19(30)12-39(33,34)11-18(29)26-22-21(23(32)36-2)14-5-3-4-6-16(14)37-22/h7-9H,3-6,10-12H2,1-2H3,(H,26,29). The highest BCUT2D eigenvalue weighted by atomic mass is 32.2. The number of carbonyl (C=O) groups excluding carboxylic acids is 4. The van der Waals surface area contributed by atoms with Crippen LogP contribution in [0.1, 0.15) is 33.6 Å². The number of rotatable bonds is 8. The van der Waals surface area contributed by atoms with E-state index in [-0.39, 0.29) is 21.9 Å². The van der Waals surface area contributed by atoms with Crippen LogP contribution in [0.2, 0.25) is 0 Å². The normalized spacial score (nSPS) is 13.7. The van der Waals surface area contributed by atoms with Gasteiger partial charge in [0.1, 0.15) is 28.9 Å². The summed E-state index contributed by atoms with van der Waals surface area (Å²) in [5, 5.41) is 2.71. The third kappa shape index (κ3) is 6.59. The molecular formula is C24H24FN3O8S3. The van der Waals surface area contributed by atoms with Crippen LogP contribution in [0.5, 0.6) is 0 Å². The minimum atomic E-state index is -4.26. The van der Waals surface area contributed by atoms with Crippen LogP contribution in [0.25, 0.3) is 10.2 Å². The van der Waals surface area contributed by atoms with E-state index in [1.165, 1.54) is 48.3 Å². The third-order valence-corrected chi connectivity index (χ3v) is 9.53. The molecule has 1 N–H and O–H groups in total. The summed E-state index contributed by atoms with van der Waals surface area (Å²) in [6.07, 6.45) is 3.22. The average Bonchev–Trinajstić information content (AvgIpc) is 3.39. The van der Waals surface area contributed by atoms with E-state index in [1.807, 2.05) is 0 Å². The minimum Gasteiger partial charge on any atom is -0.468 e. The van der Waals surface area contributed by atoms with Crippen molar-refractivity contribution in [3.63, 3.8) is 0 Å². The Morgan fingerprint density at radius 3 is 2.54 bits per heavy atom. The van der Waals surface area contributed by atoms with Gasteiger partial charge in [-0.1, -0.05) is 11.3 Å². The number of carbonyl (C=O) groups is 4. The van der Waals surface area contributed by atoms with Crippen LogP contribution in [-0.4, -0.2) is 62.5 Å². The molecule has 0 aliphatic heterocycles. The van der Waals surface area contributed by atoms with Crippen LogP contribution < -0.4 is 10.1 Å². The highest BCUT2D eigenvalue weighted by Gasteiger charge is 2.28. The number of hydrogen-bond acceptors (Lipinski definition) is 10. The zero-order valence-corrected chi connectivity index (χ0v) is 23.4. The Morgan fingerprint density at radius 2 is 1.82 bits per heavy atom. The molecule has 0 saturated heterocycles. The van der Waals surface area contributed by atoms with E-state index in [0.717, 1.165) is 41.0 Å². The Kier molecular flexibility index (Phi) is 8.61. The highest BCUT2D eigenvalue weighted by Crippen LogP contribution is 2.38. The van der Waals surface area contributed by atoms with Crippen molar-refractivity contribution in [3.05, 3.63) is 44.8 Å². The Morgan fingerprint density at radius 1 is 1.08 bits per heavy atom. The maximum Gasteiger partial charge on any atom is 0.341 e. The van der Waals surface area contributed by atoms with E-state index in [4.69, 9.17) is 4.74 Å². The van der Waals surface area contributed by atoms with Gasteiger partial charge < -0.3 is 19.4 Å². The first-order chi connectivity index (χ1) is 18.5. The SMILES string of the molecule is COC(=O)Cn1c(=NC(=O)CS(=O)(=O)CC(=O)Nc2sc3c(c2C(=O)OC)CCCC3)sc2cc(F)ccc21. The van der Waals surface area contributed by atoms with Gasteiger partial charge in [0.15, 0.2) is 14.6 Å². The summed E-state index contributed by atoms with van der Waals surface area (Å²) in [4.78, 5) is 54.2. The monoisotopic (exact) mass is 597 g/mol. The number of thiophene rings is 1. The van der Waals surface area contributed by atoms with Gasteiger partial charge in [0, 0.05) is 4.88 Å². The summed E-state index contributed by atoms with van der Waals surface area (Å²) in [5.74, 6) is -5.89. The Bertz CT molecular complexity index is 1650. The summed E-state index contributed by atoms with van der Waals surface area (Å²) < 4.78 is 50.2. The number of fused-ring (bicyclic) bond motifs is 2. The number of nitrogens with zero attached hydrogens (tertiary/aromatic N) is 2. The molecule has 0 atom stereocenters. The van der Waals surface area contributed by atoms with Crippen LogP contribution in [0.15, 0.2) is 23.2 Å². The van der Waals surface area contributed by atoms with Gasteiger partial charge in [0.25, 0.3) is 5.91 Å². The van der Waals surface area contributed by atoms with Gasteiger partial charge >= 0.3 is 11.9 Å². The van der Waals surface area contributed by atoms with E-state index in [9.17, 15) is 32.0 Å². The van der Waals surface area contributed by atoms with E-state index >= 15 is 0 Å². The van der Waals surface area contributed by atoms with Crippen LogP contribution in [-0.2, 0) is 53.1 Å². The lowest BCUT2D eigenvalue weighted by Crippen LogP contribution is -2.29. The zero-order chi connectivity index (χ0) is 28.3. The number of halogens is 1. The highest BCUT2D eigenvalue weighted by molar-refractivity contribution is 7.92. The summed E-state index contributed by atoms with van der Waals surface area (Å²) in [5.41, 5.74) is 1.43. The molecule has 2 aromatic heterocycles. The number of amides is 2. The Balaban J connectivity index is 1.53. The first kappa shape index (κ1) is 28.6. The molecule has 39 heavy (non-hydrogen) atoms. The van der Waals surface area contributed by atoms with Crippen LogP contribution in [0, 0.1) is 5.82 Å². The smallest absolute Gasteiger partial charge is 0.341 e. The number of methoxy groups -OCH3 is 2. The van der Waals surface area contributed by atoms with Crippen molar-refractivity contribution in [2.24, 2.45) is 4.99 Å². The van der Waals surface area contributed by atoms with Crippen molar-refractivity contribution < 1.29 is 41.5 Å². The van der Waals surface area contributed by atoms with Gasteiger partial charge in [-0.3, -0.25) is 14.4 Å². The lowest BCUT2D eigenvalue weighted by molar-refractivity contribution is -0.141. The van der Waals surface area contributed by atoms with Gasteiger partial charge in [-0.25, -0.2) is 17.6 Å². The van der Waals surface area contributed by atoms with Crippen molar-refractivity contribution in [1.82, 2.24) is 4.57 Å². The molecule has 1 aliphatic carbocycles. The molecule has 0 fully saturated rings. The van der Waals surface area contributed by atoms with E-state index in [2.05, 4.69) is 15.0 Å². The van der Waals surface area contributed by atoms with Crippen molar-refractivity contribution in [3.8, 4) is 0 Å². The van der Waals surface area contributed by atoms with Gasteiger partial charge in [-0.2, -0.15) is 4.99 Å². The minimum absolute atomic E-state index is 0.0301. The van der Waals surface area contributed by atoms with Crippen LogP contribution in [0.3, 0.4) is 0 Å². The molecule has 0 saturated carbocycles. The Labute approximate surface area is 230 Å². The zero-order valence-electron chi connectivity index (χ0n) is 20.9. The second-order valence-electron chi connectivity index (χ2n) is 8.65. The average molecular weight is 598 g/mol. The third-order valence-electron chi connectivity index (χ3n) is 5.89. The number of nitrogens with one attached hydrogen (secondary N) is 1. The number of anilines is 1. The van der Waals surface area contributed by atoms with Gasteiger partial charge in [-0.15, -0.1) is 11.3 Å². The van der Waals surface area contributed by atoms with Gasteiger partial charge in [-0.05, 0) is 49.4 Å².